The van der Waals surface area contributed by atoms with E-state index in [9.17, 15) is 0 Å². The average Bonchev–Trinajstić information content (AvgIpc) is 2.80. The van der Waals surface area contributed by atoms with Crippen LogP contribution in [0, 0.1) is 22.7 Å². The van der Waals surface area contributed by atoms with Gasteiger partial charge in [0.2, 0.25) is 5.95 Å². The topological polar surface area (TPSA) is 124 Å². The van der Waals surface area contributed by atoms with Crippen LogP contribution in [0.1, 0.15) is 11.1 Å². The molecule has 1 aliphatic heterocycles. The van der Waals surface area contributed by atoms with Gasteiger partial charge in [0.05, 0.1) is 24.3 Å². The predicted molar refractivity (Wildman–Crippen MR) is 109 cm³/mol. The second kappa shape index (κ2) is 9.50. The molecule has 0 aromatic carbocycles. The normalized spacial score (nSPS) is 13.5. The summed E-state index contributed by atoms with van der Waals surface area (Å²) in [6, 6.07) is 11.0. The van der Waals surface area contributed by atoms with Crippen LogP contribution in [-0.2, 0) is 4.74 Å². The van der Waals surface area contributed by atoms with Crippen LogP contribution < -0.4 is 4.90 Å². The first kappa shape index (κ1) is 20.0. The maximum absolute atomic E-state index is 8.94. The second-order valence-electron chi connectivity index (χ2n) is 6.00. The molecule has 0 amide bonds. The molecule has 0 unspecified atom stereocenters. The van der Waals surface area contributed by atoms with Crippen LogP contribution in [0.4, 0.5) is 5.95 Å². The van der Waals surface area contributed by atoms with Crippen molar-refractivity contribution >= 4 is 29.5 Å². The minimum absolute atomic E-state index is 0.493. The van der Waals surface area contributed by atoms with Gasteiger partial charge in [-0.2, -0.15) is 25.5 Å². The number of hydrogen-bond acceptors (Lipinski definition) is 11. The van der Waals surface area contributed by atoms with Crippen molar-refractivity contribution in [3.8, 4) is 12.1 Å². The Morgan fingerprint density at radius 3 is 1.77 bits per heavy atom. The standard InChI is InChI=1S/C19H14N8OS2/c20-9-13-1-3-15(22-11-13)29-18-24-17(27-5-7-28-8-6-27)25-19(26-18)30-16-4-2-14(10-21)12-23-16/h1-4,11-12H,5-8H2. The monoisotopic (exact) mass is 434 g/mol. The highest BCUT2D eigenvalue weighted by atomic mass is 32.2. The van der Waals surface area contributed by atoms with E-state index in [0.717, 1.165) is 0 Å². The van der Waals surface area contributed by atoms with Crippen LogP contribution in [0.3, 0.4) is 0 Å². The lowest BCUT2D eigenvalue weighted by Crippen LogP contribution is -2.37. The lowest BCUT2D eigenvalue weighted by molar-refractivity contribution is 0.122. The van der Waals surface area contributed by atoms with Gasteiger partial charge in [-0.1, -0.05) is 0 Å². The molecule has 11 heteroatoms. The quantitative estimate of drug-likeness (QED) is 0.588. The Morgan fingerprint density at radius 2 is 1.33 bits per heavy atom. The minimum atomic E-state index is 0.493. The first-order chi connectivity index (χ1) is 14.7. The molecule has 0 radical (unpaired) electrons. The van der Waals surface area contributed by atoms with E-state index >= 15 is 0 Å². The number of morpholine rings is 1. The van der Waals surface area contributed by atoms with E-state index in [1.165, 1.54) is 35.9 Å². The van der Waals surface area contributed by atoms with Crippen molar-refractivity contribution in [1.29, 1.82) is 10.5 Å². The molecule has 9 nitrogen and oxygen atoms in total. The van der Waals surface area contributed by atoms with Crippen LogP contribution in [-0.4, -0.2) is 51.2 Å². The van der Waals surface area contributed by atoms with Crippen LogP contribution in [0.2, 0.25) is 0 Å². The third-order valence-electron chi connectivity index (χ3n) is 4.00. The van der Waals surface area contributed by atoms with Crippen LogP contribution >= 0.6 is 23.5 Å². The summed E-state index contributed by atoms with van der Waals surface area (Å²) in [5.74, 6) is 0.570. The van der Waals surface area contributed by atoms with Crippen molar-refractivity contribution in [2.45, 2.75) is 20.4 Å². The van der Waals surface area contributed by atoms with Gasteiger partial charge >= 0.3 is 0 Å². The lowest BCUT2D eigenvalue weighted by Gasteiger charge is -2.26. The molecule has 0 N–H and O–H groups in total. The maximum atomic E-state index is 8.94. The number of rotatable bonds is 5. The van der Waals surface area contributed by atoms with Crippen molar-refractivity contribution in [3.63, 3.8) is 0 Å². The van der Waals surface area contributed by atoms with Crippen molar-refractivity contribution in [2.75, 3.05) is 31.2 Å². The molecule has 4 rings (SSSR count). The highest BCUT2D eigenvalue weighted by Crippen LogP contribution is 2.29. The molecule has 3 aromatic heterocycles. The fourth-order valence-corrected chi connectivity index (χ4v) is 3.96. The number of pyridine rings is 2. The van der Waals surface area contributed by atoms with E-state index in [2.05, 4.69) is 42.0 Å². The molecule has 1 fully saturated rings. The third-order valence-corrected chi connectivity index (χ3v) is 5.63. The van der Waals surface area contributed by atoms with Gasteiger partial charge in [-0.05, 0) is 47.8 Å². The van der Waals surface area contributed by atoms with Crippen molar-refractivity contribution in [1.82, 2.24) is 24.9 Å². The maximum Gasteiger partial charge on any atom is 0.230 e. The zero-order chi connectivity index (χ0) is 20.8. The number of nitriles is 2. The van der Waals surface area contributed by atoms with Crippen LogP contribution in [0.5, 0.6) is 0 Å². The fourth-order valence-electron chi connectivity index (χ4n) is 2.52. The number of aromatic nitrogens is 5. The zero-order valence-corrected chi connectivity index (χ0v) is 17.2. The Morgan fingerprint density at radius 1 is 0.800 bits per heavy atom. The Kier molecular flexibility index (Phi) is 6.35. The van der Waals surface area contributed by atoms with Crippen molar-refractivity contribution in [3.05, 3.63) is 47.8 Å². The Hall–Kier alpha value is -3.25. The molecular formula is C19H14N8OS2. The predicted octanol–water partition coefficient (Wildman–Crippen LogP) is 2.54. The number of anilines is 1. The first-order valence-electron chi connectivity index (χ1n) is 8.90. The summed E-state index contributed by atoms with van der Waals surface area (Å²) in [5.41, 5.74) is 0.985. The van der Waals surface area contributed by atoms with E-state index in [1.54, 1.807) is 24.3 Å². The number of hydrogen-bond donors (Lipinski definition) is 0. The SMILES string of the molecule is N#Cc1ccc(Sc2nc(Sc3ccc(C#N)cn3)nc(N3CCOCC3)n2)nc1. The summed E-state index contributed by atoms with van der Waals surface area (Å²) in [6.07, 6.45) is 3.03. The second-order valence-corrected chi connectivity index (χ2v) is 7.97. The molecule has 0 bridgehead atoms. The van der Waals surface area contributed by atoms with Crippen LogP contribution in [0.25, 0.3) is 0 Å². The van der Waals surface area contributed by atoms with Gasteiger partial charge in [0.1, 0.15) is 22.2 Å². The van der Waals surface area contributed by atoms with Gasteiger partial charge in [0.15, 0.2) is 10.3 Å². The van der Waals surface area contributed by atoms with Gasteiger partial charge in [-0.3, -0.25) is 0 Å². The molecule has 0 aliphatic carbocycles. The molecule has 1 saturated heterocycles. The van der Waals surface area contributed by atoms with Gasteiger partial charge in [0.25, 0.3) is 0 Å². The molecule has 0 atom stereocenters. The summed E-state index contributed by atoms with van der Waals surface area (Å²) in [6.45, 7) is 2.63. The van der Waals surface area contributed by atoms with E-state index in [4.69, 9.17) is 15.3 Å². The molecule has 4 heterocycles. The van der Waals surface area contributed by atoms with Gasteiger partial charge in [-0.15, -0.1) is 0 Å². The van der Waals surface area contributed by atoms with E-state index in [-0.39, 0.29) is 0 Å². The molecule has 1 aliphatic rings. The summed E-state index contributed by atoms with van der Waals surface area (Å²) in [5, 5.41) is 20.2. The summed E-state index contributed by atoms with van der Waals surface area (Å²) in [4.78, 5) is 24.3. The number of ether oxygens (including phenoxy) is 1. The van der Waals surface area contributed by atoms with Gasteiger partial charge in [-0.25, -0.2) is 9.97 Å². The summed E-state index contributed by atoms with van der Waals surface area (Å²) >= 11 is 2.60. The minimum Gasteiger partial charge on any atom is -0.378 e. The van der Waals surface area contributed by atoms with Crippen molar-refractivity contribution < 1.29 is 4.74 Å². The lowest BCUT2D eigenvalue weighted by atomic mass is 10.3. The Balaban J connectivity index is 1.62. The molecule has 148 valence electrons. The zero-order valence-electron chi connectivity index (χ0n) is 15.6. The van der Waals surface area contributed by atoms with Crippen LogP contribution in [0.15, 0.2) is 57.0 Å². The Labute approximate surface area is 181 Å². The van der Waals surface area contributed by atoms with Crippen molar-refractivity contribution in [2.24, 2.45) is 0 Å². The number of nitrogens with zero attached hydrogens (tertiary/aromatic N) is 8. The van der Waals surface area contributed by atoms with E-state index < -0.39 is 0 Å². The fraction of sp³-hybridized carbons (Fsp3) is 0.211. The highest BCUT2D eigenvalue weighted by Gasteiger charge is 2.18. The molecular weight excluding hydrogens is 420 g/mol. The Bertz CT molecular complexity index is 1030. The molecule has 0 spiro atoms. The summed E-state index contributed by atoms with van der Waals surface area (Å²) in [7, 11) is 0. The van der Waals surface area contributed by atoms with E-state index in [0.29, 0.717) is 63.7 Å². The molecule has 0 saturated carbocycles. The molecule has 3 aromatic rings. The summed E-state index contributed by atoms with van der Waals surface area (Å²) < 4.78 is 5.42. The average molecular weight is 435 g/mol. The van der Waals surface area contributed by atoms with Gasteiger partial charge in [0, 0.05) is 25.5 Å². The first-order valence-corrected chi connectivity index (χ1v) is 10.5. The van der Waals surface area contributed by atoms with E-state index in [1.807, 2.05) is 0 Å². The largest absolute Gasteiger partial charge is 0.378 e. The third kappa shape index (κ3) is 5.02. The van der Waals surface area contributed by atoms with Gasteiger partial charge < -0.3 is 9.64 Å². The molecule has 30 heavy (non-hydrogen) atoms. The highest BCUT2D eigenvalue weighted by molar-refractivity contribution is 7.99. The smallest absolute Gasteiger partial charge is 0.230 e.